The van der Waals surface area contributed by atoms with Crippen LogP contribution in [0.5, 0.6) is 0 Å². The number of nitrogens with zero attached hydrogens (tertiary/aromatic N) is 4. The van der Waals surface area contributed by atoms with E-state index in [1.54, 1.807) is 16.0 Å². The molecule has 0 spiro atoms. The van der Waals surface area contributed by atoms with Crippen LogP contribution >= 0.6 is 27.3 Å². The molecule has 0 amide bonds. The normalized spacial score (nSPS) is 15.3. The molecule has 4 aromatic rings. The van der Waals surface area contributed by atoms with Crippen molar-refractivity contribution in [2.24, 2.45) is 12.0 Å². The Morgan fingerprint density at radius 1 is 1.00 bits per heavy atom. The highest BCUT2D eigenvalue weighted by atomic mass is 79.9. The van der Waals surface area contributed by atoms with Crippen LogP contribution in [-0.4, -0.2) is 13.9 Å². The standard InChI is InChI=1S/C26H27BrN4OS/c1-18-24(25(32)31(29(18)2)20-13-7-4-8-14-20)28-26-30(19-11-5-3-6-12-19)23(17-33-26)21-15-9-10-16-22(21)27/h4,7-10,13-17,19H,3,5-6,11-12H2,1-2H3. The summed E-state index contributed by atoms with van der Waals surface area (Å²) in [5.74, 6) is 0. The summed E-state index contributed by atoms with van der Waals surface area (Å²) in [6.07, 6.45) is 6.03. The first kappa shape index (κ1) is 22.2. The fourth-order valence-corrected chi connectivity index (χ4v) is 6.19. The topological polar surface area (TPSA) is 44.2 Å². The van der Waals surface area contributed by atoms with Crippen LogP contribution in [0.15, 0.2) is 74.2 Å². The molecular weight excluding hydrogens is 496 g/mol. The third-order valence-corrected chi connectivity index (χ3v) is 8.09. The van der Waals surface area contributed by atoms with E-state index in [-0.39, 0.29) is 5.56 Å². The number of hydrogen-bond acceptors (Lipinski definition) is 3. The number of rotatable bonds is 4. The first-order valence-corrected chi connectivity index (χ1v) is 13.1. The molecule has 0 unspecified atom stereocenters. The predicted molar refractivity (Wildman–Crippen MR) is 139 cm³/mol. The van der Waals surface area contributed by atoms with Gasteiger partial charge >= 0.3 is 0 Å². The Balaban J connectivity index is 1.72. The second kappa shape index (κ2) is 9.31. The Kier molecular flexibility index (Phi) is 6.25. The van der Waals surface area contributed by atoms with Crippen molar-refractivity contribution in [2.45, 2.75) is 45.1 Å². The zero-order valence-corrected chi connectivity index (χ0v) is 21.3. The van der Waals surface area contributed by atoms with Crippen LogP contribution in [0.1, 0.15) is 43.8 Å². The highest BCUT2D eigenvalue weighted by Crippen LogP contribution is 2.35. The lowest BCUT2D eigenvalue weighted by Gasteiger charge is -2.25. The Labute approximate surface area is 205 Å². The Morgan fingerprint density at radius 2 is 1.70 bits per heavy atom. The summed E-state index contributed by atoms with van der Waals surface area (Å²) in [5.41, 5.74) is 4.44. The van der Waals surface area contributed by atoms with Gasteiger partial charge in [0.25, 0.3) is 5.56 Å². The van der Waals surface area contributed by atoms with Crippen LogP contribution in [-0.2, 0) is 7.05 Å². The summed E-state index contributed by atoms with van der Waals surface area (Å²) >= 11 is 5.35. The molecule has 1 aliphatic rings. The van der Waals surface area contributed by atoms with E-state index in [2.05, 4.69) is 44.1 Å². The van der Waals surface area contributed by atoms with Gasteiger partial charge in [0.05, 0.1) is 17.1 Å². The fourth-order valence-electron chi connectivity index (χ4n) is 4.74. The van der Waals surface area contributed by atoms with Crippen molar-refractivity contribution >= 4 is 33.0 Å². The van der Waals surface area contributed by atoms with Crippen molar-refractivity contribution in [1.29, 1.82) is 0 Å². The number of aromatic nitrogens is 3. The number of para-hydroxylation sites is 1. The van der Waals surface area contributed by atoms with Gasteiger partial charge in [-0.1, -0.05) is 71.6 Å². The zero-order valence-electron chi connectivity index (χ0n) is 18.9. The van der Waals surface area contributed by atoms with Crippen molar-refractivity contribution in [1.82, 2.24) is 13.9 Å². The van der Waals surface area contributed by atoms with Crippen molar-refractivity contribution in [3.63, 3.8) is 0 Å². The summed E-state index contributed by atoms with van der Waals surface area (Å²) in [6.45, 7) is 1.97. The molecule has 5 rings (SSSR count). The summed E-state index contributed by atoms with van der Waals surface area (Å²) in [4.78, 5) is 19.4. The van der Waals surface area contributed by atoms with Gasteiger partial charge in [0.15, 0.2) is 10.5 Å². The van der Waals surface area contributed by atoms with E-state index in [0.717, 1.165) is 44.8 Å². The highest BCUT2D eigenvalue weighted by Gasteiger charge is 2.22. The summed E-state index contributed by atoms with van der Waals surface area (Å²) in [5, 5.41) is 2.18. The number of hydrogen-bond donors (Lipinski definition) is 0. The lowest BCUT2D eigenvalue weighted by molar-refractivity contribution is 0.351. The van der Waals surface area contributed by atoms with Crippen LogP contribution in [0.4, 0.5) is 5.69 Å². The van der Waals surface area contributed by atoms with Gasteiger partial charge in [0, 0.05) is 28.5 Å². The maximum atomic E-state index is 13.5. The van der Waals surface area contributed by atoms with E-state index < -0.39 is 0 Å². The van der Waals surface area contributed by atoms with Gasteiger partial charge in [-0.3, -0.25) is 9.48 Å². The van der Waals surface area contributed by atoms with Crippen molar-refractivity contribution in [3.05, 3.63) is 85.3 Å². The van der Waals surface area contributed by atoms with Gasteiger partial charge in [0.1, 0.15) is 0 Å². The first-order valence-electron chi connectivity index (χ1n) is 11.4. The molecule has 1 saturated carbocycles. The smallest absolute Gasteiger partial charge is 0.297 e. The molecule has 2 aromatic heterocycles. The predicted octanol–water partition coefficient (Wildman–Crippen LogP) is 6.51. The minimum atomic E-state index is -0.0905. The van der Waals surface area contributed by atoms with Crippen LogP contribution in [0.3, 0.4) is 0 Å². The van der Waals surface area contributed by atoms with Gasteiger partial charge in [-0.05, 0) is 38.0 Å². The van der Waals surface area contributed by atoms with Gasteiger partial charge in [-0.25, -0.2) is 9.67 Å². The van der Waals surface area contributed by atoms with E-state index in [0.29, 0.717) is 11.7 Å². The van der Waals surface area contributed by atoms with Crippen molar-refractivity contribution in [2.75, 3.05) is 0 Å². The van der Waals surface area contributed by atoms with E-state index in [1.807, 2.05) is 55.1 Å². The second-order valence-electron chi connectivity index (χ2n) is 8.57. The van der Waals surface area contributed by atoms with E-state index in [9.17, 15) is 4.79 Å². The van der Waals surface area contributed by atoms with Crippen LogP contribution in [0.25, 0.3) is 16.9 Å². The maximum Gasteiger partial charge on any atom is 0.297 e. The van der Waals surface area contributed by atoms with Crippen LogP contribution in [0.2, 0.25) is 0 Å². The third kappa shape index (κ3) is 4.08. The molecule has 2 heterocycles. The third-order valence-electron chi connectivity index (χ3n) is 6.56. The van der Waals surface area contributed by atoms with Crippen molar-refractivity contribution < 1.29 is 0 Å². The SMILES string of the molecule is Cc1c(N=c2scc(-c3ccccc3Br)n2C2CCCCC2)c(=O)n(-c2ccccc2)n1C. The Bertz CT molecular complexity index is 1400. The molecule has 7 heteroatoms. The van der Waals surface area contributed by atoms with Crippen molar-refractivity contribution in [3.8, 4) is 16.9 Å². The van der Waals surface area contributed by atoms with E-state index >= 15 is 0 Å². The molecule has 0 aliphatic heterocycles. The minimum absolute atomic E-state index is 0.0905. The second-order valence-corrected chi connectivity index (χ2v) is 10.3. The van der Waals surface area contributed by atoms with Gasteiger partial charge in [-0.2, -0.15) is 0 Å². The van der Waals surface area contributed by atoms with Crippen LogP contribution in [0, 0.1) is 6.92 Å². The first-order chi connectivity index (χ1) is 16.1. The molecule has 170 valence electrons. The monoisotopic (exact) mass is 522 g/mol. The lowest BCUT2D eigenvalue weighted by Crippen LogP contribution is -2.24. The molecule has 0 N–H and O–H groups in total. The Morgan fingerprint density at radius 3 is 2.42 bits per heavy atom. The molecular formula is C26H27BrN4OS. The quantitative estimate of drug-likeness (QED) is 0.301. The molecule has 0 bridgehead atoms. The molecule has 1 fully saturated rings. The van der Waals surface area contributed by atoms with E-state index in [4.69, 9.17) is 4.99 Å². The van der Waals surface area contributed by atoms with Gasteiger partial charge in [0.2, 0.25) is 0 Å². The number of thiazole rings is 1. The minimum Gasteiger partial charge on any atom is -0.313 e. The molecule has 0 saturated heterocycles. The Hall–Kier alpha value is -2.64. The molecule has 2 aromatic carbocycles. The molecule has 0 radical (unpaired) electrons. The zero-order chi connectivity index (χ0) is 22.9. The highest BCUT2D eigenvalue weighted by molar-refractivity contribution is 9.10. The summed E-state index contributed by atoms with van der Waals surface area (Å²) in [7, 11) is 1.92. The average Bonchev–Trinajstić information content (AvgIpc) is 3.35. The van der Waals surface area contributed by atoms with Gasteiger partial charge in [-0.15, -0.1) is 11.3 Å². The number of halogens is 1. The summed E-state index contributed by atoms with van der Waals surface area (Å²) in [6, 6.07) is 18.5. The largest absolute Gasteiger partial charge is 0.313 e. The molecule has 1 aliphatic carbocycles. The van der Waals surface area contributed by atoms with Crippen LogP contribution < -0.4 is 10.4 Å². The average molecular weight is 524 g/mol. The molecule has 0 atom stereocenters. The van der Waals surface area contributed by atoms with E-state index in [1.165, 1.54) is 19.3 Å². The fraction of sp³-hybridized carbons (Fsp3) is 0.308. The molecule has 33 heavy (non-hydrogen) atoms. The maximum absolute atomic E-state index is 13.5. The lowest BCUT2D eigenvalue weighted by atomic mass is 9.95. The van der Waals surface area contributed by atoms with Gasteiger partial charge < -0.3 is 4.57 Å². The molecule has 5 nitrogen and oxygen atoms in total. The summed E-state index contributed by atoms with van der Waals surface area (Å²) < 4.78 is 7.04. The number of benzene rings is 2.